The van der Waals surface area contributed by atoms with E-state index < -0.39 is 5.97 Å². The quantitative estimate of drug-likeness (QED) is 0.797. The van der Waals surface area contributed by atoms with Gasteiger partial charge in [-0.25, -0.2) is 9.59 Å². The van der Waals surface area contributed by atoms with E-state index in [9.17, 15) is 9.59 Å². The number of benzene rings is 1. The van der Waals surface area contributed by atoms with Gasteiger partial charge in [0.15, 0.2) is 0 Å². The molecule has 0 aromatic heterocycles. The predicted octanol–water partition coefficient (Wildman–Crippen LogP) is 3.48. The van der Waals surface area contributed by atoms with Gasteiger partial charge in [0.2, 0.25) is 0 Å². The Morgan fingerprint density at radius 2 is 1.86 bits per heavy atom. The zero-order chi connectivity index (χ0) is 15.5. The van der Waals surface area contributed by atoms with Crippen LogP contribution in [-0.4, -0.2) is 23.1 Å². The number of carbonyl (C=O) groups is 2. The number of carboxylic acid groups (broad SMARTS) is 1. The molecule has 1 unspecified atom stereocenters. The molecule has 0 bridgehead atoms. The van der Waals surface area contributed by atoms with E-state index in [1.165, 1.54) is 18.6 Å². The molecule has 0 heterocycles. The van der Waals surface area contributed by atoms with Gasteiger partial charge in [-0.15, -0.1) is 0 Å². The molecule has 2 amide bonds. The molecule has 3 N–H and O–H groups in total. The minimum absolute atomic E-state index is 0.114. The van der Waals surface area contributed by atoms with Gasteiger partial charge in [0.05, 0.1) is 5.56 Å². The molecule has 1 saturated carbocycles. The lowest BCUT2D eigenvalue weighted by atomic mass is 9.73. The average Bonchev–Trinajstić information content (AvgIpc) is 2.41. The van der Waals surface area contributed by atoms with Gasteiger partial charge in [-0.1, -0.05) is 26.7 Å². The van der Waals surface area contributed by atoms with E-state index in [0.717, 1.165) is 19.3 Å². The van der Waals surface area contributed by atoms with Crippen LogP contribution in [0.3, 0.4) is 0 Å². The fraction of sp³-hybridized carbons (Fsp3) is 0.500. The third-order valence-electron chi connectivity index (χ3n) is 4.20. The Balaban J connectivity index is 1.93. The molecule has 1 aromatic rings. The Kier molecular flexibility index (Phi) is 4.50. The number of amides is 2. The van der Waals surface area contributed by atoms with Crippen molar-refractivity contribution in [1.29, 1.82) is 0 Å². The molecular formula is C16H22N2O3. The van der Waals surface area contributed by atoms with E-state index in [-0.39, 0.29) is 23.1 Å². The second-order valence-electron chi connectivity index (χ2n) is 6.27. The van der Waals surface area contributed by atoms with Crippen molar-refractivity contribution in [3.05, 3.63) is 29.8 Å². The van der Waals surface area contributed by atoms with Crippen molar-refractivity contribution in [3.63, 3.8) is 0 Å². The molecule has 0 radical (unpaired) electrons. The SMILES string of the molecule is CC1(C)CCCCC1NC(=O)Nc1ccc(C(=O)O)cc1. The van der Waals surface area contributed by atoms with Crippen LogP contribution in [0, 0.1) is 5.41 Å². The minimum atomic E-state index is -0.977. The number of hydrogen-bond acceptors (Lipinski definition) is 2. The van der Waals surface area contributed by atoms with Gasteiger partial charge in [0, 0.05) is 11.7 Å². The van der Waals surface area contributed by atoms with Gasteiger partial charge in [-0.05, 0) is 42.5 Å². The molecule has 1 aliphatic carbocycles. The molecule has 1 aromatic carbocycles. The molecule has 0 aliphatic heterocycles. The minimum Gasteiger partial charge on any atom is -0.478 e. The first-order valence-electron chi connectivity index (χ1n) is 7.29. The van der Waals surface area contributed by atoms with Crippen LogP contribution in [0.4, 0.5) is 10.5 Å². The maximum Gasteiger partial charge on any atom is 0.335 e. The van der Waals surface area contributed by atoms with Crippen molar-refractivity contribution in [2.24, 2.45) is 5.41 Å². The third kappa shape index (κ3) is 3.97. The molecule has 0 saturated heterocycles. The second-order valence-corrected chi connectivity index (χ2v) is 6.27. The molecule has 5 heteroatoms. The fourth-order valence-electron chi connectivity index (χ4n) is 2.78. The third-order valence-corrected chi connectivity index (χ3v) is 4.20. The molecule has 0 spiro atoms. The maximum absolute atomic E-state index is 12.0. The van der Waals surface area contributed by atoms with E-state index >= 15 is 0 Å². The van der Waals surface area contributed by atoms with Gasteiger partial charge in [-0.3, -0.25) is 0 Å². The van der Waals surface area contributed by atoms with Gasteiger partial charge in [0.1, 0.15) is 0 Å². The summed E-state index contributed by atoms with van der Waals surface area (Å²) < 4.78 is 0. The van der Waals surface area contributed by atoms with Crippen LogP contribution in [0.25, 0.3) is 0 Å². The topological polar surface area (TPSA) is 78.4 Å². The number of carbonyl (C=O) groups excluding carboxylic acids is 1. The zero-order valence-corrected chi connectivity index (χ0v) is 12.5. The Morgan fingerprint density at radius 3 is 2.43 bits per heavy atom. The Bertz CT molecular complexity index is 523. The van der Waals surface area contributed by atoms with Crippen molar-refractivity contribution in [1.82, 2.24) is 5.32 Å². The van der Waals surface area contributed by atoms with Crippen LogP contribution in [0.15, 0.2) is 24.3 Å². The monoisotopic (exact) mass is 290 g/mol. The highest BCUT2D eigenvalue weighted by Gasteiger charge is 2.33. The summed E-state index contributed by atoms with van der Waals surface area (Å²) in [6, 6.07) is 6.07. The number of carboxylic acids is 1. The summed E-state index contributed by atoms with van der Waals surface area (Å²) in [7, 11) is 0. The molecule has 1 atom stereocenters. The zero-order valence-electron chi connectivity index (χ0n) is 12.5. The van der Waals surface area contributed by atoms with E-state index in [2.05, 4.69) is 24.5 Å². The molecule has 2 rings (SSSR count). The Hall–Kier alpha value is -2.04. The summed E-state index contributed by atoms with van der Waals surface area (Å²) in [5.74, 6) is -0.977. The molecule has 21 heavy (non-hydrogen) atoms. The van der Waals surface area contributed by atoms with Gasteiger partial charge in [0.25, 0.3) is 0 Å². The lowest BCUT2D eigenvalue weighted by Gasteiger charge is -2.38. The van der Waals surface area contributed by atoms with Gasteiger partial charge in [-0.2, -0.15) is 0 Å². The maximum atomic E-state index is 12.0. The van der Waals surface area contributed by atoms with E-state index in [1.807, 2.05) is 0 Å². The number of rotatable bonds is 3. The highest BCUT2D eigenvalue weighted by molar-refractivity contribution is 5.91. The van der Waals surface area contributed by atoms with Crippen LogP contribution < -0.4 is 10.6 Å². The smallest absolute Gasteiger partial charge is 0.335 e. The summed E-state index contributed by atoms with van der Waals surface area (Å²) in [6.45, 7) is 4.36. The largest absolute Gasteiger partial charge is 0.478 e. The highest BCUT2D eigenvalue weighted by Crippen LogP contribution is 2.35. The summed E-state index contributed by atoms with van der Waals surface area (Å²) in [5.41, 5.74) is 0.906. The first kappa shape index (κ1) is 15.4. The second kappa shape index (κ2) is 6.16. The van der Waals surface area contributed by atoms with Crippen molar-refractivity contribution in [2.75, 3.05) is 5.32 Å². The van der Waals surface area contributed by atoms with Gasteiger partial charge < -0.3 is 15.7 Å². The van der Waals surface area contributed by atoms with Crippen LogP contribution in [0.1, 0.15) is 49.9 Å². The van der Waals surface area contributed by atoms with Crippen LogP contribution >= 0.6 is 0 Å². The fourth-order valence-corrected chi connectivity index (χ4v) is 2.78. The molecule has 1 aliphatic rings. The van der Waals surface area contributed by atoms with Crippen LogP contribution in [0.2, 0.25) is 0 Å². The standard InChI is InChI=1S/C16H22N2O3/c1-16(2)10-4-3-5-13(16)18-15(21)17-12-8-6-11(7-9-12)14(19)20/h6-9,13H,3-5,10H2,1-2H3,(H,19,20)(H2,17,18,21). The number of hydrogen-bond donors (Lipinski definition) is 3. The van der Waals surface area contributed by atoms with Crippen molar-refractivity contribution in [2.45, 2.75) is 45.6 Å². The number of anilines is 1. The summed E-state index contributed by atoms with van der Waals surface area (Å²) >= 11 is 0. The molecular weight excluding hydrogens is 268 g/mol. The number of urea groups is 1. The van der Waals surface area contributed by atoms with E-state index in [4.69, 9.17) is 5.11 Å². The summed E-state index contributed by atoms with van der Waals surface area (Å²) in [4.78, 5) is 22.8. The first-order chi connectivity index (χ1) is 9.88. The van der Waals surface area contributed by atoms with Crippen LogP contribution in [0.5, 0.6) is 0 Å². The average molecular weight is 290 g/mol. The van der Waals surface area contributed by atoms with E-state index in [1.54, 1.807) is 12.1 Å². The van der Waals surface area contributed by atoms with Crippen LogP contribution in [-0.2, 0) is 0 Å². The Morgan fingerprint density at radius 1 is 1.19 bits per heavy atom. The van der Waals surface area contributed by atoms with Crippen molar-refractivity contribution < 1.29 is 14.7 Å². The summed E-state index contributed by atoms with van der Waals surface area (Å²) in [6.07, 6.45) is 4.47. The van der Waals surface area contributed by atoms with Crippen molar-refractivity contribution >= 4 is 17.7 Å². The van der Waals surface area contributed by atoms with Gasteiger partial charge >= 0.3 is 12.0 Å². The Labute approximate surface area is 124 Å². The highest BCUT2D eigenvalue weighted by atomic mass is 16.4. The molecule has 5 nitrogen and oxygen atoms in total. The number of aromatic carboxylic acids is 1. The normalized spacial score (nSPS) is 20.6. The predicted molar refractivity (Wildman–Crippen MR) is 81.6 cm³/mol. The van der Waals surface area contributed by atoms with E-state index in [0.29, 0.717) is 5.69 Å². The first-order valence-corrected chi connectivity index (χ1v) is 7.29. The number of nitrogens with one attached hydrogen (secondary N) is 2. The van der Waals surface area contributed by atoms with Crippen molar-refractivity contribution in [3.8, 4) is 0 Å². The molecule has 1 fully saturated rings. The lowest BCUT2D eigenvalue weighted by Crippen LogP contribution is -2.48. The molecule has 114 valence electrons. The summed E-state index contributed by atoms with van der Waals surface area (Å²) in [5, 5.41) is 14.6. The lowest BCUT2D eigenvalue weighted by molar-refractivity contribution is 0.0697.